The largest absolute Gasteiger partial charge is 0.478 e. The Bertz CT molecular complexity index is 661. The molecule has 1 N–H and O–H groups in total. The predicted molar refractivity (Wildman–Crippen MR) is 78.1 cm³/mol. The molecular weight excluding hydrogens is 293 g/mol. The zero-order valence-electron chi connectivity index (χ0n) is 12.0. The summed E-state index contributed by atoms with van der Waals surface area (Å²) in [6, 6.07) is 3.71. The molecule has 0 unspecified atom stereocenters. The van der Waals surface area contributed by atoms with Crippen LogP contribution in [0.2, 0.25) is 0 Å². The van der Waals surface area contributed by atoms with Crippen LogP contribution in [0, 0.1) is 5.82 Å². The van der Waals surface area contributed by atoms with Crippen molar-refractivity contribution < 1.29 is 18.7 Å². The number of carboxylic acid groups (broad SMARTS) is 1. The number of hydrogen-bond acceptors (Lipinski definition) is 4. The molecule has 1 aromatic carbocycles. The lowest BCUT2D eigenvalue weighted by Gasteiger charge is -2.13. The second-order valence-electron chi connectivity index (χ2n) is 5.61. The maximum Gasteiger partial charge on any atom is 0.335 e. The number of nitrogens with zero attached hydrogens (tertiary/aromatic N) is 1. The van der Waals surface area contributed by atoms with Gasteiger partial charge >= 0.3 is 5.97 Å². The van der Waals surface area contributed by atoms with Gasteiger partial charge in [-0.3, -0.25) is 0 Å². The number of thioether (sulfide) groups is 1. The van der Waals surface area contributed by atoms with Gasteiger partial charge in [-0.15, -0.1) is 11.8 Å². The van der Waals surface area contributed by atoms with E-state index in [1.807, 2.05) is 20.8 Å². The van der Waals surface area contributed by atoms with E-state index in [9.17, 15) is 9.18 Å². The molecule has 4 nitrogen and oxygen atoms in total. The van der Waals surface area contributed by atoms with Crippen LogP contribution in [-0.2, 0) is 11.2 Å². The number of carboxylic acids is 1. The Kier molecular flexibility index (Phi) is 4.37. The normalized spacial score (nSPS) is 11.6. The monoisotopic (exact) mass is 309 g/mol. The van der Waals surface area contributed by atoms with Crippen molar-refractivity contribution >= 4 is 17.7 Å². The summed E-state index contributed by atoms with van der Waals surface area (Å²) in [6.45, 7) is 6.04. The van der Waals surface area contributed by atoms with Gasteiger partial charge in [-0.25, -0.2) is 14.2 Å². The SMILES string of the molecule is CC(C)(C)c1cnc(CSc2cc(C(=O)O)ccc2F)o1. The van der Waals surface area contributed by atoms with Crippen LogP contribution < -0.4 is 0 Å². The zero-order chi connectivity index (χ0) is 15.6. The van der Waals surface area contributed by atoms with Crippen molar-refractivity contribution in [1.29, 1.82) is 0 Å². The lowest BCUT2D eigenvalue weighted by Crippen LogP contribution is -2.09. The molecule has 0 aliphatic heterocycles. The van der Waals surface area contributed by atoms with E-state index >= 15 is 0 Å². The molecule has 0 radical (unpaired) electrons. The molecule has 0 aliphatic rings. The maximum absolute atomic E-state index is 13.7. The first kappa shape index (κ1) is 15.6. The van der Waals surface area contributed by atoms with Gasteiger partial charge in [0.05, 0.1) is 17.5 Å². The topological polar surface area (TPSA) is 63.3 Å². The average molecular weight is 309 g/mol. The molecule has 21 heavy (non-hydrogen) atoms. The highest BCUT2D eigenvalue weighted by molar-refractivity contribution is 7.98. The van der Waals surface area contributed by atoms with Crippen LogP contribution in [0.4, 0.5) is 4.39 Å². The fraction of sp³-hybridized carbons (Fsp3) is 0.333. The summed E-state index contributed by atoms with van der Waals surface area (Å²) in [7, 11) is 0. The van der Waals surface area contributed by atoms with Gasteiger partial charge in [0.1, 0.15) is 11.6 Å². The van der Waals surface area contributed by atoms with Gasteiger partial charge < -0.3 is 9.52 Å². The van der Waals surface area contributed by atoms with E-state index in [-0.39, 0.29) is 15.9 Å². The van der Waals surface area contributed by atoms with Gasteiger partial charge in [0.15, 0.2) is 0 Å². The van der Waals surface area contributed by atoms with Crippen molar-refractivity contribution in [3.05, 3.63) is 47.4 Å². The second-order valence-corrected chi connectivity index (χ2v) is 6.62. The molecule has 112 valence electrons. The summed E-state index contributed by atoms with van der Waals surface area (Å²) in [4.78, 5) is 15.3. The molecule has 0 saturated carbocycles. The second kappa shape index (κ2) is 5.89. The van der Waals surface area contributed by atoms with Gasteiger partial charge in [-0.05, 0) is 18.2 Å². The summed E-state index contributed by atoms with van der Waals surface area (Å²) in [5.74, 6) is 0.0642. The van der Waals surface area contributed by atoms with E-state index in [4.69, 9.17) is 9.52 Å². The average Bonchev–Trinajstić information content (AvgIpc) is 2.86. The molecule has 2 rings (SSSR count). The highest BCUT2D eigenvalue weighted by Gasteiger charge is 2.19. The van der Waals surface area contributed by atoms with Crippen LogP contribution in [0.1, 0.15) is 42.8 Å². The van der Waals surface area contributed by atoms with Gasteiger partial charge in [-0.2, -0.15) is 0 Å². The van der Waals surface area contributed by atoms with Crippen LogP contribution in [0.25, 0.3) is 0 Å². The Morgan fingerprint density at radius 2 is 2.14 bits per heavy atom. The lowest BCUT2D eigenvalue weighted by molar-refractivity contribution is 0.0696. The van der Waals surface area contributed by atoms with Crippen LogP contribution in [0.5, 0.6) is 0 Å². The molecule has 1 heterocycles. The molecule has 0 aliphatic carbocycles. The molecular formula is C15H16FNO3S. The van der Waals surface area contributed by atoms with Crippen molar-refractivity contribution in [2.24, 2.45) is 0 Å². The number of aromatic carboxylic acids is 1. The van der Waals surface area contributed by atoms with E-state index in [0.29, 0.717) is 11.6 Å². The maximum atomic E-state index is 13.7. The molecule has 0 saturated heterocycles. The fourth-order valence-corrected chi connectivity index (χ4v) is 2.44. The number of halogens is 1. The first-order valence-electron chi connectivity index (χ1n) is 6.38. The number of benzene rings is 1. The van der Waals surface area contributed by atoms with Crippen LogP contribution >= 0.6 is 11.8 Å². The minimum Gasteiger partial charge on any atom is -0.478 e. The molecule has 0 bridgehead atoms. The zero-order valence-corrected chi connectivity index (χ0v) is 12.8. The smallest absolute Gasteiger partial charge is 0.335 e. The Balaban J connectivity index is 2.11. The Labute approximate surface area is 126 Å². The van der Waals surface area contributed by atoms with E-state index in [0.717, 1.165) is 23.6 Å². The van der Waals surface area contributed by atoms with E-state index in [1.165, 1.54) is 12.1 Å². The summed E-state index contributed by atoms with van der Waals surface area (Å²) in [5.41, 5.74) is -0.0774. The van der Waals surface area contributed by atoms with E-state index in [1.54, 1.807) is 6.20 Å². The number of rotatable bonds is 4. The molecule has 0 spiro atoms. The van der Waals surface area contributed by atoms with Crippen molar-refractivity contribution in [2.75, 3.05) is 0 Å². The number of aromatic nitrogens is 1. The summed E-state index contributed by atoms with van der Waals surface area (Å²) in [6.07, 6.45) is 1.67. The predicted octanol–water partition coefficient (Wildman–Crippen LogP) is 4.10. The third-order valence-corrected chi connectivity index (χ3v) is 3.84. The standard InChI is InChI=1S/C15H16FNO3S/c1-15(2,3)12-7-17-13(20-12)8-21-11-6-9(14(18)19)4-5-10(11)16/h4-7H,8H2,1-3H3,(H,18,19). The van der Waals surface area contributed by atoms with Gasteiger partial charge in [-0.1, -0.05) is 20.8 Å². The number of oxazole rings is 1. The first-order chi connectivity index (χ1) is 9.77. The Morgan fingerprint density at radius 1 is 1.43 bits per heavy atom. The minimum absolute atomic E-state index is 0.0571. The third kappa shape index (κ3) is 3.85. The quantitative estimate of drug-likeness (QED) is 0.861. The van der Waals surface area contributed by atoms with Gasteiger partial charge in [0.2, 0.25) is 5.89 Å². The van der Waals surface area contributed by atoms with Gasteiger partial charge in [0, 0.05) is 10.3 Å². The van der Waals surface area contributed by atoms with Crippen LogP contribution in [-0.4, -0.2) is 16.1 Å². The molecule has 1 aromatic heterocycles. The molecule has 0 fully saturated rings. The van der Waals surface area contributed by atoms with Crippen molar-refractivity contribution in [3.63, 3.8) is 0 Å². The molecule has 0 amide bonds. The van der Waals surface area contributed by atoms with Crippen molar-refractivity contribution in [3.8, 4) is 0 Å². The third-order valence-electron chi connectivity index (χ3n) is 2.82. The molecule has 2 aromatic rings. The summed E-state index contributed by atoms with van der Waals surface area (Å²) < 4.78 is 19.3. The molecule has 6 heteroatoms. The Morgan fingerprint density at radius 3 is 2.71 bits per heavy atom. The van der Waals surface area contributed by atoms with E-state index < -0.39 is 11.8 Å². The summed E-state index contributed by atoms with van der Waals surface area (Å²) >= 11 is 1.16. The number of carbonyl (C=O) groups is 1. The van der Waals surface area contributed by atoms with Crippen LogP contribution in [0.15, 0.2) is 33.7 Å². The first-order valence-corrected chi connectivity index (χ1v) is 7.37. The Hall–Kier alpha value is -1.82. The van der Waals surface area contributed by atoms with Gasteiger partial charge in [0.25, 0.3) is 0 Å². The van der Waals surface area contributed by atoms with Crippen molar-refractivity contribution in [2.45, 2.75) is 36.8 Å². The summed E-state index contributed by atoms with van der Waals surface area (Å²) in [5, 5.41) is 8.92. The highest BCUT2D eigenvalue weighted by atomic mass is 32.2. The van der Waals surface area contributed by atoms with Crippen LogP contribution in [0.3, 0.4) is 0 Å². The number of hydrogen-bond donors (Lipinski definition) is 1. The van der Waals surface area contributed by atoms with E-state index in [2.05, 4.69) is 4.98 Å². The highest BCUT2D eigenvalue weighted by Crippen LogP contribution is 2.28. The van der Waals surface area contributed by atoms with Crippen molar-refractivity contribution in [1.82, 2.24) is 4.98 Å². The molecule has 0 atom stereocenters. The minimum atomic E-state index is -1.08. The lowest BCUT2D eigenvalue weighted by atomic mass is 9.94. The fourth-order valence-electron chi connectivity index (χ4n) is 1.61.